The molecule has 0 saturated carbocycles. The molecule has 11 N–H and O–H groups in total. The Balaban J connectivity index is 1.72. The summed E-state index contributed by atoms with van der Waals surface area (Å²) in [6.07, 6.45) is -2.75. The Hall–Kier alpha value is -1.56. The number of fused-ring (bicyclic) bond motifs is 1. The fourth-order valence-electron chi connectivity index (χ4n) is 2.77. The minimum absolute atomic E-state index is 0.0254. The highest BCUT2D eigenvalue weighted by molar-refractivity contribution is 7.66. The summed E-state index contributed by atoms with van der Waals surface area (Å²) in [6, 6.07) is -1.14. The number of aliphatic hydroxyl groups is 1. The standard InChI is InChI=1S/C10H18N7O12P3/c11-4-6(18)3(1-26-31(22,23)29-32(24,25)28-30(19,20)21)27-9(4)17-2-14-5-7(12)15-10(13)16-8(5)17/h2-4,6,9,18H,1,11H2,(H,22,23)(H,24,25)(H2,19,20,21)(H4,12,13,15,16)/t3-,4-,6-,9-/m1/s1. The van der Waals surface area contributed by atoms with E-state index in [1.54, 1.807) is 0 Å². The average molecular weight is 521 g/mol. The van der Waals surface area contributed by atoms with Crippen molar-refractivity contribution < 1.29 is 56.3 Å². The fourth-order valence-corrected chi connectivity index (χ4v) is 5.80. The van der Waals surface area contributed by atoms with Gasteiger partial charge in [-0.2, -0.15) is 18.6 Å². The van der Waals surface area contributed by atoms with Crippen LogP contribution in [0.3, 0.4) is 0 Å². The van der Waals surface area contributed by atoms with E-state index in [2.05, 4.69) is 28.1 Å². The lowest BCUT2D eigenvalue weighted by Crippen LogP contribution is -2.40. The number of nitrogen functional groups attached to an aromatic ring is 2. The summed E-state index contributed by atoms with van der Waals surface area (Å²) in [6.45, 7) is -0.902. The van der Waals surface area contributed by atoms with Gasteiger partial charge >= 0.3 is 23.5 Å². The van der Waals surface area contributed by atoms with Gasteiger partial charge in [0, 0.05) is 0 Å². The minimum atomic E-state index is -5.69. The summed E-state index contributed by atoms with van der Waals surface area (Å²) in [4.78, 5) is 47.4. The number of hydrogen-bond acceptors (Lipinski definition) is 14. The van der Waals surface area contributed by atoms with Gasteiger partial charge in [0.05, 0.1) is 19.0 Å². The van der Waals surface area contributed by atoms with Gasteiger partial charge in [-0.05, 0) is 0 Å². The Bertz CT molecular complexity index is 1150. The first-order valence-electron chi connectivity index (χ1n) is 8.21. The first-order valence-corrected chi connectivity index (χ1v) is 12.7. The zero-order chi connectivity index (χ0) is 24.1. The minimum Gasteiger partial charge on any atom is -0.389 e. The second kappa shape index (κ2) is 8.66. The number of imidazole rings is 1. The molecule has 2 aromatic rings. The average Bonchev–Trinajstić information content (AvgIpc) is 3.12. The molecule has 0 amide bonds. The van der Waals surface area contributed by atoms with Crippen molar-refractivity contribution in [1.82, 2.24) is 19.5 Å². The van der Waals surface area contributed by atoms with Crippen LogP contribution in [0.15, 0.2) is 6.33 Å². The van der Waals surface area contributed by atoms with Gasteiger partial charge in [-0.25, -0.2) is 18.7 Å². The van der Waals surface area contributed by atoms with E-state index in [0.717, 1.165) is 0 Å². The first kappa shape index (κ1) is 25.1. The molecule has 1 fully saturated rings. The number of aliphatic hydroxyl groups excluding tert-OH is 1. The molecule has 6 atom stereocenters. The van der Waals surface area contributed by atoms with Crippen LogP contribution in [0.5, 0.6) is 0 Å². The van der Waals surface area contributed by atoms with E-state index in [-0.39, 0.29) is 22.9 Å². The number of phosphoric acid groups is 3. The Labute approximate surface area is 177 Å². The van der Waals surface area contributed by atoms with Crippen molar-refractivity contribution in [2.45, 2.75) is 24.5 Å². The highest BCUT2D eigenvalue weighted by Gasteiger charge is 2.46. The van der Waals surface area contributed by atoms with Crippen LogP contribution >= 0.6 is 23.5 Å². The Kier molecular flexibility index (Phi) is 6.78. The quantitative estimate of drug-likeness (QED) is 0.173. The molecule has 1 saturated heterocycles. The molecule has 22 heteroatoms. The normalized spacial score (nSPS) is 27.9. The van der Waals surface area contributed by atoms with Gasteiger partial charge in [0.15, 0.2) is 17.7 Å². The summed E-state index contributed by atoms with van der Waals surface area (Å²) >= 11 is 0. The van der Waals surface area contributed by atoms with Crippen molar-refractivity contribution in [2.24, 2.45) is 5.73 Å². The van der Waals surface area contributed by atoms with Crippen LogP contribution in [0.4, 0.5) is 11.8 Å². The fraction of sp³-hybridized carbons (Fsp3) is 0.500. The van der Waals surface area contributed by atoms with Gasteiger partial charge in [0.2, 0.25) is 5.95 Å². The molecule has 2 unspecified atom stereocenters. The molecule has 0 aromatic carbocycles. The van der Waals surface area contributed by atoms with Gasteiger partial charge in [-0.3, -0.25) is 9.09 Å². The van der Waals surface area contributed by atoms with Crippen LogP contribution < -0.4 is 17.2 Å². The van der Waals surface area contributed by atoms with Crippen LogP contribution in [0.25, 0.3) is 11.2 Å². The zero-order valence-corrected chi connectivity index (χ0v) is 18.2. The lowest BCUT2D eigenvalue weighted by atomic mass is 10.1. The van der Waals surface area contributed by atoms with E-state index >= 15 is 0 Å². The van der Waals surface area contributed by atoms with Crippen molar-refractivity contribution in [2.75, 3.05) is 18.1 Å². The topological polar surface area (TPSA) is 311 Å². The second-order valence-corrected chi connectivity index (χ2v) is 10.7. The number of anilines is 2. The van der Waals surface area contributed by atoms with Crippen molar-refractivity contribution in [3.8, 4) is 0 Å². The molecule has 0 spiro atoms. The smallest absolute Gasteiger partial charge is 0.389 e. The maximum Gasteiger partial charge on any atom is 0.490 e. The van der Waals surface area contributed by atoms with Crippen LogP contribution in [-0.4, -0.2) is 69.1 Å². The predicted octanol–water partition coefficient (Wildman–Crippen LogP) is -2.08. The number of nitrogens with zero attached hydrogens (tertiary/aromatic N) is 4. The monoisotopic (exact) mass is 521 g/mol. The molecule has 3 rings (SSSR count). The molecular weight excluding hydrogens is 503 g/mol. The van der Waals surface area contributed by atoms with Crippen LogP contribution in [0.1, 0.15) is 6.23 Å². The SMILES string of the molecule is Nc1nc(N)c2ncn([C@@H]3O[C@H](COP(=O)(O)OP(=O)(O)OP(=O)(O)O)[C@@H](O)[C@H]3N)c2n1. The van der Waals surface area contributed by atoms with Gasteiger partial charge in [-0.1, -0.05) is 0 Å². The molecule has 1 aliphatic heterocycles. The number of rotatable bonds is 8. The third-order valence-electron chi connectivity index (χ3n) is 3.98. The third kappa shape index (κ3) is 5.67. The molecule has 2 aromatic heterocycles. The van der Waals surface area contributed by atoms with Crippen molar-refractivity contribution in [3.63, 3.8) is 0 Å². The number of nitrogens with two attached hydrogens (primary N) is 3. The van der Waals surface area contributed by atoms with Gasteiger partial charge in [-0.15, -0.1) is 0 Å². The summed E-state index contributed by atoms with van der Waals surface area (Å²) in [7, 11) is -16.6. The van der Waals surface area contributed by atoms with Crippen molar-refractivity contribution in [1.29, 1.82) is 0 Å². The lowest BCUT2D eigenvalue weighted by Gasteiger charge is -2.19. The number of aromatic nitrogens is 4. The first-order chi connectivity index (χ1) is 14.6. The summed E-state index contributed by atoms with van der Waals surface area (Å²) in [5, 5.41) is 10.3. The van der Waals surface area contributed by atoms with Gasteiger partial charge < -0.3 is 46.6 Å². The van der Waals surface area contributed by atoms with Crippen LogP contribution in [-0.2, 0) is 31.6 Å². The van der Waals surface area contributed by atoms with E-state index in [4.69, 9.17) is 36.6 Å². The maximum atomic E-state index is 11.8. The predicted molar refractivity (Wildman–Crippen MR) is 102 cm³/mol. The lowest BCUT2D eigenvalue weighted by molar-refractivity contribution is -0.0428. The molecule has 32 heavy (non-hydrogen) atoms. The second-order valence-electron chi connectivity index (χ2n) is 6.31. The molecule has 0 radical (unpaired) electrons. The summed E-state index contributed by atoms with van der Waals surface area (Å²) < 4.78 is 52.3. The largest absolute Gasteiger partial charge is 0.490 e. The molecule has 0 aliphatic carbocycles. The Morgan fingerprint density at radius 2 is 1.75 bits per heavy atom. The van der Waals surface area contributed by atoms with Crippen LogP contribution in [0, 0.1) is 0 Å². The van der Waals surface area contributed by atoms with Crippen molar-refractivity contribution >= 4 is 46.4 Å². The Morgan fingerprint density at radius 3 is 2.38 bits per heavy atom. The number of hydrogen-bond donors (Lipinski definition) is 8. The van der Waals surface area contributed by atoms with E-state index < -0.39 is 54.6 Å². The van der Waals surface area contributed by atoms with Crippen molar-refractivity contribution in [3.05, 3.63) is 6.33 Å². The highest BCUT2D eigenvalue weighted by Crippen LogP contribution is 2.66. The van der Waals surface area contributed by atoms with E-state index in [0.29, 0.717) is 0 Å². The number of ether oxygens (including phenoxy) is 1. The van der Waals surface area contributed by atoms with Gasteiger partial charge in [0.1, 0.15) is 17.7 Å². The number of phosphoric ester groups is 1. The van der Waals surface area contributed by atoms with Gasteiger partial charge in [0.25, 0.3) is 0 Å². The molecule has 3 heterocycles. The van der Waals surface area contributed by atoms with E-state index in [1.165, 1.54) is 10.9 Å². The molecule has 1 aliphatic rings. The van der Waals surface area contributed by atoms with E-state index in [1.807, 2.05) is 0 Å². The highest BCUT2D eigenvalue weighted by atomic mass is 31.3. The van der Waals surface area contributed by atoms with Crippen LogP contribution in [0.2, 0.25) is 0 Å². The maximum absolute atomic E-state index is 11.8. The summed E-state index contributed by atoms with van der Waals surface area (Å²) in [5.41, 5.74) is 17.5. The molecule has 19 nitrogen and oxygen atoms in total. The zero-order valence-electron chi connectivity index (χ0n) is 15.6. The third-order valence-corrected chi connectivity index (χ3v) is 7.78. The van der Waals surface area contributed by atoms with E-state index in [9.17, 15) is 23.7 Å². The molecule has 0 bridgehead atoms. The Morgan fingerprint density at radius 1 is 1.09 bits per heavy atom. The summed E-state index contributed by atoms with van der Waals surface area (Å²) in [5.74, 6) is -0.198. The molecular formula is C10H18N7O12P3. The molecule has 180 valence electrons.